The summed E-state index contributed by atoms with van der Waals surface area (Å²) in [5.41, 5.74) is 1.54. The maximum Gasteiger partial charge on any atom is 0.390 e. The molecule has 2 aromatic heterocycles. The van der Waals surface area contributed by atoms with Crippen molar-refractivity contribution in [3.63, 3.8) is 0 Å². The lowest BCUT2D eigenvalue weighted by molar-refractivity contribution is -0.134. The molecule has 2 N–H and O–H groups in total. The molecule has 0 aliphatic carbocycles. The van der Waals surface area contributed by atoms with E-state index in [1.54, 1.807) is 0 Å². The fourth-order valence-electron chi connectivity index (χ4n) is 2.52. The van der Waals surface area contributed by atoms with E-state index in [4.69, 9.17) is 16.3 Å². The standard InChI is InChI=1S/C18H19ClF3N5O2S.C2H6/c19-16-13(8-24-14(28)9-23-7-6-18(20,21)22)27-17(25-16)30-15(26-27)11-29-10-12-4-2-1-3-5-12;1-2/h1-5,23H,6-11H2,(H,24,28);1-2H3. The van der Waals surface area contributed by atoms with Gasteiger partial charge in [0.2, 0.25) is 10.9 Å². The molecule has 32 heavy (non-hydrogen) atoms. The second-order valence-corrected chi connectivity index (χ2v) is 7.74. The van der Waals surface area contributed by atoms with Gasteiger partial charge in [-0.15, -0.1) is 0 Å². The number of carbonyl (C=O) groups excluding carboxylic acids is 1. The number of halogens is 4. The molecule has 1 aromatic carbocycles. The van der Waals surface area contributed by atoms with E-state index < -0.39 is 18.5 Å². The Labute approximate surface area is 192 Å². The second-order valence-electron chi connectivity index (χ2n) is 6.34. The minimum absolute atomic E-state index is 0.0494. The van der Waals surface area contributed by atoms with Crippen molar-refractivity contribution in [2.45, 2.75) is 46.2 Å². The molecular weight excluding hydrogens is 467 g/mol. The Bertz CT molecular complexity index is 979. The zero-order chi connectivity index (χ0) is 23.6. The molecule has 0 spiro atoms. The van der Waals surface area contributed by atoms with Gasteiger partial charge in [0.25, 0.3) is 0 Å². The highest BCUT2D eigenvalue weighted by Gasteiger charge is 2.26. The molecule has 3 aromatic rings. The van der Waals surface area contributed by atoms with E-state index >= 15 is 0 Å². The van der Waals surface area contributed by atoms with Crippen molar-refractivity contribution in [3.05, 3.63) is 51.7 Å². The summed E-state index contributed by atoms with van der Waals surface area (Å²) in [7, 11) is 0. The van der Waals surface area contributed by atoms with E-state index in [-0.39, 0.29) is 24.8 Å². The third kappa shape index (κ3) is 8.38. The van der Waals surface area contributed by atoms with Crippen molar-refractivity contribution in [1.82, 2.24) is 25.2 Å². The summed E-state index contributed by atoms with van der Waals surface area (Å²) in [6.45, 7) is 4.25. The molecule has 2 heterocycles. The quantitative estimate of drug-likeness (QED) is 0.412. The van der Waals surface area contributed by atoms with Crippen LogP contribution in [0.15, 0.2) is 30.3 Å². The van der Waals surface area contributed by atoms with Crippen molar-refractivity contribution in [1.29, 1.82) is 0 Å². The first-order valence-electron chi connectivity index (χ1n) is 10.0. The van der Waals surface area contributed by atoms with Gasteiger partial charge in [-0.25, -0.2) is 9.50 Å². The van der Waals surface area contributed by atoms with Crippen molar-refractivity contribution in [2.24, 2.45) is 0 Å². The topological polar surface area (TPSA) is 80.5 Å². The van der Waals surface area contributed by atoms with Crippen LogP contribution in [0.4, 0.5) is 13.2 Å². The molecule has 176 valence electrons. The third-order valence-electron chi connectivity index (χ3n) is 3.95. The number of rotatable bonds is 10. The van der Waals surface area contributed by atoms with E-state index in [1.165, 1.54) is 15.9 Å². The van der Waals surface area contributed by atoms with E-state index in [9.17, 15) is 18.0 Å². The van der Waals surface area contributed by atoms with Gasteiger partial charge in [0.15, 0.2) is 5.15 Å². The van der Waals surface area contributed by atoms with Gasteiger partial charge >= 0.3 is 6.18 Å². The lowest BCUT2D eigenvalue weighted by atomic mass is 10.2. The van der Waals surface area contributed by atoms with E-state index in [1.807, 2.05) is 44.2 Å². The van der Waals surface area contributed by atoms with Crippen molar-refractivity contribution in [2.75, 3.05) is 13.1 Å². The zero-order valence-electron chi connectivity index (χ0n) is 17.7. The van der Waals surface area contributed by atoms with Gasteiger partial charge < -0.3 is 15.4 Å². The summed E-state index contributed by atoms with van der Waals surface area (Å²) in [6.07, 6.45) is -5.25. The molecule has 7 nitrogen and oxygen atoms in total. The summed E-state index contributed by atoms with van der Waals surface area (Å²) in [5.74, 6) is -0.454. The molecule has 0 radical (unpaired) electrons. The number of amides is 1. The molecule has 0 atom stereocenters. The fourth-order valence-corrected chi connectivity index (χ4v) is 3.65. The number of ether oxygens (including phenoxy) is 1. The first-order valence-corrected chi connectivity index (χ1v) is 11.2. The third-order valence-corrected chi connectivity index (χ3v) is 5.13. The maximum absolute atomic E-state index is 12.1. The first-order chi connectivity index (χ1) is 15.3. The van der Waals surface area contributed by atoms with Gasteiger partial charge in [0.05, 0.1) is 26.1 Å². The number of nitrogens with zero attached hydrogens (tertiary/aromatic N) is 3. The van der Waals surface area contributed by atoms with Crippen LogP contribution in [0.3, 0.4) is 0 Å². The molecule has 0 bridgehead atoms. The van der Waals surface area contributed by atoms with Crippen LogP contribution in [0, 0.1) is 0 Å². The smallest absolute Gasteiger partial charge is 0.370 e. The average molecular weight is 492 g/mol. The van der Waals surface area contributed by atoms with Crippen molar-refractivity contribution in [3.8, 4) is 0 Å². The molecule has 0 saturated heterocycles. The maximum atomic E-state index is 12.1. The molecule has 0 aliphatic heterocycles. The molecule has 0 unspecified atom stereocenters. The zero-order valence-corrected chi connectivity index (χ0v) is 19.3. The van der Waals surface area contributed by atoms with E-state index in [0.717, 1.165) is 5.56 Å². The molecule has 1 amide bonds. The average Bonchev–Trinajstić information content (AvgIpc) is 3.27. The highest BCUT2D eigenvalue weighted by Crippen LogP contribution is 2.23. The van der Waals surface area contributed by atoms with E-state index in [2.05, 4.69) is 20.7 Å². The molecule has 0 saturated carbocycles. The van der Waals surface area contributed by atoms with Gasteiger partial charge in [-0.3, -0.25) is 4.79 Å². The second kappa shape index (κ2) is 12.7. The Kier molecular flexibility index (Phi) is 10.4. The van der Waals surface area contributed by atoms with Crippen LogP contribution >= 0.6 is 22.9 Å². The summed E-state index contributed by atoms with van der Waals surface area (Å²) < 4.78 is 43.5. The van der Waals surface area contributed by atoms with Crippen LogP contribution in [-0.4, -0.2) is 39.8 Å². The number of aromatic nitrogens is 3. The minimum Gasteiger partial charge on any atom is -0.370 e. The first kappa shape index (κ1) is 26.0. The minimum atomic E-state index is -4.26. The van der Waals surface area contributed by atoms with Crippen LogP contribution < -0.4 is 10.6 Å². The van der Waals surface area contributed by atoms with Crippen LogP contribution in [0.25, 0.3) is 4.96 Å². The van der Waals surface area contributed by atoms with Crippen molar-refractivity contribution >= 4 is 33.8 Å². The van der Waals surface area contributed by atoms with Crippen LogP contribution in [0.2, 0.25) is 5.15 Å². The summed E-state index contributed by atoms with van der Waals surface area (Å²) in [6, 6.07) is 9.73. The van der Waals surface area contributed by atoms with Gasteiger partial charge in [0, 0.05) is 6.54 Å². The van der Waals surface area contributed by atoms with E-state index in [0.29, 0.717) is 28.9 Å². The number of alkyl halides is 3. The Balaban J connectivity index is 0.00000176. The van der Waals surface area contributed by atoms with Gasteiger partial charge in [-0.05, 0) is 5.56 Å². The molecular formula is C20H25ClF3N5O2S. The number of fused-ring (bicyclic) bond motifs is 1. The van der Waals surface area contributed by atoms with Crippen molar-refractivity contribution < 1.29 is 22.7 Å². The predicted octanol–water partition coefficient (Wildman–Crippen LogP) is 4.35. The summed E-state index contributed by atoms with van der Waals surface area (Å²) in [4.78, 5) is 16.6. The number of carbonyl (C=O) groups is 1. The van der Waals surface area contributed by atoms with Crippen LogP contribution in [0.1, 0.15) is 36.5 Å². The lowest BCUT2D eigenvalue weighted by Gasteiger charge is -2.08. The lowest BCUT2D eigenvalue weighted by Crippen LogP contribution is -2.35. The molecule has 12 heteroatoms. The Morgan fingerprint density at radius 1 is 1.22 bits per heavy atom. The number of benzene rings is 1. The predicted molar refractivity (Wildman–Crippen MR) is 118 cm³/mol. The van der Waals surface area contributed by atoms with Gasteiger partial charge in [-0.1, -0.05) is 67.1 Å². The summed E-state index contributed by atoms with van der Waals surface area (Å²) >= 11 is 7.44. The molecule has 0 fully saturated rings. The fraction of sp³-hybridized carbons (Fsp3) is 0.450. The van der Waals surface area contributed by atoms with Gasteiger partial charge in [-0.2, -0.15) is 18.3 Å². The SMILES string of the molecule is CC.O=C(CNCCC(F)(F)F)NCc1c(Cl)nc2sc(COCc3ccccc3)nn12. The Hall–Kier alpha value is -2.21. The molecule has 0 aliphatic rings. The molecule has 3 rings (SSSR count). The number of nitrogens with one attached hydrogen (secondary N) is 2. The Morgan fingerprint density at radius 3 is 2.62 bits per heavy atom. The largest absolute Gasteiger partial charge is 0.390 e. The highest BCUT2D eigenvalue weighted by molar-refractivity contribution is 7.16. The number of imidazole rings is 1. The Morgan fingerprint density at radius 2 is 1.94 bits per heavy atom. The normalized spacial score (nSPS) is 11.3. The van der Waals surface area contributed by atoms with Crippen LogP contribution in [-0.2, 0) is 29.3 Å². The van der Waals surface area contributed by atoms with Crippen LogP contribution in [0.5, 0.6) is 0 Å². The summed E-state index contributed by atoms with van der Waals surface area (Å²) in [5, 5.41) is 10.4. The number of hydrogen-bond acceptors (Lipinski definition) is 6. The van der Waals surface area contributed by atoms with Gasteiger partial charge in [0.1, 0.15) is 17.3 Å². The highest BCUT2D eigenvalue weighted by atomic mass is 35.5. The number of hydrogen-bond donors (Lipinski definition) is 2. The monoisotopic (exact) mass is 491 g/mol.